The molecule has 3 heterocycles. The molecule has 0 atom stereocenters. The molecule has 2 aromatic carbocycles. The minimum absolute atomic E-state index is 0.0209. The van der Waals surface area contributed by atoms with Gasteiger partial charge in [-0.2, -0.15) is 0 Å². The predicted molar refractivity (Wildman–Crippen MR) is 164 cm³/mol. The zero-order valence-corrected chi connectivity index (χ0v) is 25.2. The SMILES string of the molecule is O=C(OCc1ccc(OCc2cccc(Cl)c2)cn1)N1CCN(C(=O)OCc2ccc(OCc3cccc(Cl)c3)cn2)CC1. The second-order valence-electron chi connectivity index (χ2n) is 9.89. The molecule has 228 valence electrons. The highest BCUT2D eigenvalue weighted by Crippen LogP contribution is 2.17. The normalized spacial score (nSPS) is 12.9. The van der Waals surface area contributed by atoms with Gasteiger partial charge in [-0.3, -0.25) is 9.97 Å². The Morgan fingerprint density at radius 2 is 1.05 bits per heavy atom. The Hall–Kier alpha value is -4.54. The van der Waals surface area contributed by atoms with Gasteiger partial charge in [0.25, 0.3) is 0 Å². The fraction of sp³-hybridized carbons (Fsp3) is 0.250. The Bertz CT molecular complexity index is 1430. The van der Waals surface area contributed by atoms with Crippen molar-refractivity contribution in [2.75, 3.05) is 26.2 Å². The van der Waals surface area contributed by atoms with Gasteiger partial charge in [-0.15, -0.1) is 0 Å². The van der Waals surface area contributed by atoms with E-state index < -0.39 is 12.2 Å². The van der Waals surface area contributed by atoms with Gasteiger partial charge in [0.1, 0.15) is 37.9 Å². The number of pyridine rings is 2. The van der Waals surface area contributed by atoms with Crippen LogP contribution < -0.4 is 9.47 Å². The smallest absolute Gasteiger partial charge is 0.410 e. The van der Waals surface area contributed by atoms with Gasteiger partial charge in [0.2, 0.25) is 0 Å². The molecule has 1 saturated heterocycles. The molecule has 2 aromatic heterocycles. The lowest BCUT2D eigenvalue weighted by Crippen LogP contribution is -2.50. The molecular weight excluding hydrogens is 607 g/mol. The fourth-order valence-corrected chi connectivity index (χ4v) is 4.70. The second-order valence-corrected chi connectivity index (χ2v) is 10.8. The number of carbonyl (C=O) groups is 2. The average Bonchev–Trinajstić information content (AvgIpc) is 3.05. The van der Waals surface area contributed by atoms with E-state index in [1.807, 2.05) is 36.4 Å². The maximum Gasteiger partial charge on any atom is 0.410 e. The van der Waals surface area contributed by atoms with Crippen LogP contribution >= 0.6 is 23.2 Å². The summed E-state index contributed by atoms with van der Waals surface area (Å²) < 4.78 is 22.3. The van der Waals surface area contributed by atoms with E-state index >= 15 is 0 Å². The number of halogens is 2. The van der Waals surface area contributed by atoms with Gasteiger partial charge >= 0.3 is 12.2 Å². The summed E-state index contributed by atoms with van der Waals surface area (Å²) in [6, 6.07) is 21.9. The zero-order valence-electron chi connectivity index (χ0n) is 23.7. The van der Waals surface area contributed by atoms with Gasteiger partial charge in [0, 0.05) is 36.2 Å². The van der Waals surface area contributed by atoms with Crippen molar-refractivity contribution in [3.05, 3.63) is 118 Å². The molecule has 0 radical (unpaired) electrons. The van der Waals surface area contributed by atoms with E-state index in [1.165, 1.54) is 0 Å². The summed E-state index contributed by atoms with van der Waals surface area (Å²) in [7, 11) is 0. The van der Waals surface area contributed by atoms with Crippen molar-refractivity contribution in [1.82, 2.24) is 19.8 Å². The largest absolute Gasteiger partial charge is 0.487 e. The quantitative estimate of drug-likeness (QED) is 0.193. The first-order valence-electron chi connectivity index (χ1n) is 13.9. The summed E-state index contributed by atoms with van der Waals surface area (Å²) in [5, 5.41) is 1.30. The van der Waals surface area contributed by atoms with Crippen LogP contribution in [-0.2, 0) is 35.9 Å². The summed E-state index contributed by atoms with van der Waals surface area (Å²) in [5.74, 6) is 1.18. The van der Waals surface area contributed by atoms with Crippen LogP contribution in [0.3, 0.4) is 0 Å². The van der Waals surface area contributed by atoms with Crippen LogP contribution in [0.2, 0.25) is 10.0 Å². The molecule has 0 bridgehead atoms. The summed E-state index contributed by atoms with van der Waals surface area (Å²) in [6.07, 6.45) is 2.22. The summed E-state index contributed by atoms with van der Waals surface area (Å²) >= 11 is 12.0. The first-order valence-corrected chi connectivity index (χ1v) is 14.6. The van der Waals surface area contributed by atoms with Gasteiger partial charge in [0.05, 0.1) is 23.8 Å². The minimum Gasteiger partial charge on any atom is -0.487 e. The van der Waals surface area contributed by atoms with Crippen LogP contribution in [0, 0.1) is 0 Å². The molecule has 2 amide bonds. The fourth-order valence-electron chi connectivity index (χ4n) is 4.28. The van der Waals surface area contributed by atoms with Gasteiger partial charge in [0.15, 0.2) is 0 Å². The molecule has 1 aliphatic heterocycles. The van der Waals surface area contributed by atoms with E-state index in [9.17, 15) is 9.59 Å². The maximum absolute atomic E-state index is 12.6. The third kappa shape index (κ3) is 9.23. The van der Waals surface area contributed by atoms with Gasteiger partial charge in [-0.05, 0) is 59.7 Å². The van der Waals surface area contributed by atoms with E-state index in [0.717, 1.165) is 11.1 Å². The van der Waals surface area contributed by atoms with E-state index in [2.05, 4.69) is 9.97 Å². The zero-order chi connectivity index (χ0) is 30.7. The van der Waals surface area contributed by atoms with Gasteiger partial charge in [-0.1, -0.05) is 47.5 Å². The number of hydrogen-bond acceptors (Lipinski definition) is 8. The molecule has 10 nitrogen and oxygen atoms in total. The highest BCUT2D eigenvalue weighted by Gasteiger charge is 2.26. The van der Waals surface area contributed by atoms with Crippen molar-refractivity contribution in [3.8, 4) is 11.5 Å². The Morgan fingerprint density at radius 1 is 0.614 bits per heavy atom. The highest BCUT2D eigenvalue weighted by atomic mass is 35.5. The summed E-state index contributed by atoms with van der Waals surface area (Å²) in [6.45, 7) is 2.08. The monoisotopic (exact) mass is 636 g/mol. The van der Waals surface area contributed by atoms with Crippen molar-refractivity contribution < 1.29 is 28.5 Å². The van der Waals surface area contributed by atoms with Gasteiger partial charge < -0.3 is 28.7 Å². The number of hydrogen-bond donors (Lipinski definition) is 0. The van der Waals surface area contributed by atoms with Crippen LogP contribution in [0.1, 0.15) is 22.5 Å². The molecule has 4 aromatic rings. The summed E-state index contributed by atoms with van der Waals surface area (Å²) in [5.41, 5.74) is 3.07. The predicted octanol–water partition coefficient (Wildman–Crippen LogP) is 6.53. The number of nitrogens with zero attached hydrogens (tertiary/aromatic N) is 4. The standard InChI is InChI=1S/C32H30Cl2N4O6/c33-25-5-1-3-23(15-25)19-41-29-9-7-27(35-17-29)21-43-31(39)37-11-13-38(14-12-37)32(40)44-22-28-8-10-30(18-36-28)42-20-24-4-2-6-26(34)16-24/h1-10,15-18H,11-14,19-22H2. The van der Waals surface area contributed by atoms with Crippen LogP contribution in [0.4, 0.5) is 9.59 Å². The third-order valence-electron chi connectivity index (χ3n) is 6.67. The molecule has 0 unspecified atom stereocenters. The first kappa shape index (κ1) is 30.9. The Morgan fingerprint density at radius 3 is 1.41 bits per heavy atom. The lowest BCUT2D eigenvalue weighted by atomic mass is 10.2. The average molecular weight is 638 g/mol. The van der Waals surface area contributed by atoms with E-state index in [4.69, 9.17) is 42.1 Å². The van der Waals surface area contributed by atoms with Crippen LogP contribution in [-0.4, -0.2) is 58.1 Å². The van der Waals surface area contributed by atoms with Crippen molar-refractivity contribution in [1.29, 1.82) is 0 Å². The van der Waals surface area contributed by atoms with E-state index in [0.29, 0.717) is 72.3 Å². The first-order chi connectivity index (χ1) is 21.4. The number of ether oxygens (including phenoxy) is 4. The van der Waals surface area contributed by atoms with Crippen molar-refractivity contribution in [3.63, 3.8) is 0 Å². The summed E-state index contributed by atoms with van der Waals surface area (Å²) in [4.78, 5) is 36.8. The number of piperazine rings is 1. The van der Waals surface area contributed by atoms with E-state index in [-0.39, 0.29) is 13.2 Å². The molecule has 44 heavy (non-hydrogen) atoms. The lowest BCUT2D eigenvalue weighted by molar-refractivity contribution is 0.0549. The minimum atomic E-state index is -0.469. The van der Waals surface area contributed by atoms with Crippen molar-refractivity contribution >= 4 is 35.4 Å². The van der Waals surface area contributed by atoms with Crippen molar-refractivity contribution in [2.45, 2.75) is 26.4 Å². The molecular formula is C32H30Cl2N4O6. The molecule has 0 saturated carbocycles. The van der Waals surface area contributed by atoms with Crippen LogP contribution in [0.15, 0.2) is 85.2 Å². The van der Waals surface area contributed by atoms with E-state index in [1.54, 1.807) is 58.6 Å². The van der Waals surface area contributed by atoms with Gasteiger partial charge in [-0.25, -0.2) is 9.59 Å². The maximum atomic E-state index is 12.6. The lowest BCUT2D eigenvalue weighted by Gasteiger charge is -2.33. The number of benzene rings is 2. The molecule has 0 N–H and O–H groups in total. The topological polar surface area (TPSA) is 103 Å². The van der Waals surface area contributed by atoms with Crippen molar-refractivity contribution in [2.24, 2.45) is 0 Å². The number of amides is 2. The molecule has 1 aliphatic rings. The molecule has 1 fully saturated rings. The third-order valence-corrected chi connectivity index (χ3v) is 7.14. The number of aromatic nitrogens is 2. The molecule has 5 rings (SSSR count). The second kappa shape index (κ2) is 15.3. The highest BCUT2D eigenvalue weighted by molar-refractivity contribution is 6.30. The van der Waals surface area contributed by atoms with Crippen LogP contribution in [0.5, 0.6) is 11.5 Å². The Labute approximate surface area is 265 Å². The molecule has 12 heteroatoms. The van der Waals surface area contributed by atoms with Crippen LogP contribution in [0.25, 0.3) is 0 Å². The molecule has 0 aliphatic carbocycles. The number of rotatable bonds is 10. The Balaban J connectivity index is 0.977. The molecule has 0 spiro atoms. The number of carbonyl (C=O) groups excluding carboxylic acids is 2. The Kier molecular flexibility index (Phi) is 10.7.